The Bertz CT molecular complexity index is 2980. The number of fused-ring (bicyclic) bond motifs is 3. The fraction of sp³-hybridized carbons (Fsp3) is 0.212. The molecule has 57 heavy (non-hydrogen) atoms. The molecule has 1 radical (unpaired) electrons. The minimum atomic E-state index is -2.64. The Hall–Kier alpha value is -5.66. The SMILES string of the molecule is CC(C)(C)c1ccc(-c2[c-]cccc2)nc1.[2H]c1cc(CC(C)(C)C)cc(C([2H])([2H])[2H])c1-c1cc(-c2[c-]ccc3c2oc2c(-c4ccccc4)c(C#N)ccc23)ncc1C([2H])([2H])[2H].[Ir]. The van der Waals surface area contributed by atoms with Gasteiger partial charge < -0.3 is 14.4 Å². The average molecular weight is 929 g/mol. The van der Waals surface area contributed by atoms with Crippen LogP contribution < -0.4 is 0 Å². The van der Waals surface area contributed by atoms with Gasteiger partial charge in [-0.15, -0.1) is 54.1 Å². The molecule has 3 aromatic heterocycles. The fourth-order valence-corrected chi connectivity index (χ4v) is 6.81. The van der Waals surface area contributed by atoms with E-state index in [-0.39, 0.29) is 59.2 Å². The molecule has 0 spiro atoms. The summed E-state index contributed by atoms with van der Waals surface area (Å²) in [6.07, 6.45) is 3.72. The molecule has 0 saturated carbocycles. The molecule has 4 nitrogen and oxygen atoms in total. The molecule has 0 aliphatic rings. The van der Waals surface area contributed by atoms with Crippen LogP contribution in [0.25, 0.3) is 66.7 Å². The molecule has 0 aliphatic carbocycles. The molecular weight excluding hydrogens is 875 g/mol. The van der Waals surface area contributed by atoms with E-state index in [0.29, 0.717) is 45.5 Å². The summed E-state index contributed by atoms with van der Waals surface area (Å²) < 4.78 is 65.5. The Balaban J connectivity index is 0.000000336. The van der Waals surface area contributed by atoms with E-state index in [2.05, 4.69) is 61.1 Å². The van der Waals surface area contributed by atoms with E-state index < -0.39 is 13.7 Å². The van der Waals surface area contributed by atoms with Crippen molar-refractivity contribution in [2.45, 2.75) is 67.1 Å². The fourth-order valence-electron chi connectivity index (χ4n) is 6.81. The Morgan fingerprint density at radius 2 is 1.49 bits per heavy atom. The molecule has 5 heteroatoms. The predicted molar refractivity (Wildman–Crippen MR) is 231 cm³/mol. The van der Waals surface area contributed by atoms with Crippen LogP contribution >= 0.6 is 0 Å². The molecule has 0 saturated heterocycles. The van der Waals surface area contributed by atoms with Crippen LogP contribution in [0.4, 0.5) is 0 Å². The molecule has 0 N–H and O–H groups in total. The number of nitriles is 1. The summed E-state index contributed by atoms with van der Waals surface area (Å²) in [7, 11) is 0. The molecule has 8 rings (SSSR count). The molecule has 287 valence electrons. The molecule has 0 amide bonds. The van der Waals surface area contributed by atoms with E-state index in [1.54, 1.807) is 24.3 Å². The monoisotopic (exact) mass is 929 g/mol. The van der Waals surface area contributed by atoms with Crippen LogP contribution in [0.3, 0.4) is 0 Å². The van der Waals surface area contributed by atoms with Crippen molar-refractivity contribution in [2.24, 2.45) is 5.41 Å². The van der Waals surface area contributed by atoms with Crippen LogP contribution in [0, 0.1) is 42.6 Å². The molecule has 0 bridgehead atoms. The normalized spacial score (nSPS) is 13.7. The van der Waals surface area contributed by atoms with E-state index in [4.69, 9.17) is 14.0 Å². The molecule has 0 atom stereocenters. The zero-order valence-corrected chi connectivity index (χ0v) is 35.2. The maximum Gasteiger partial charge on any atom is 0.130 e. The van der Waals surface area contributed by atoms with Crippen LogP contribution in [-0.4, -0.2) is 9.97 Å². The minimum absolute atomic E-state index is 0. The molecule has 8 aromatic rings. The van der Waals surface area contributed by atoms with E-state index in [9.17, 15) is 5.26 Å². The summed E-state index contributed by atoms with van der Waals surface area (Å²) in [6.45, 7) is 7.40. The third kappa shape index (κ3) is 9.00. The van der Waals surface area contributed by atoms with E-state index in [0.717, 1.165) is 27.6 Å². The van der Waals surface area contributed by atoms with Crippen molar-refractivity contribution in [1.29, 1.82) is 5.26 Å². The maximum absolute atomic E-state index is 9.94. The van der Waals surface area contributed by atoms with Crippen molar-refractivity contribution >= 4 is 21.9 Å². The summed E-state index contributed by atoms with van der Waals surface area (Å²) in [6, 6.07) is 42.0. The van der Waals surface area contributed by atoms with Gasteiger partial charge in [0.15, 0.2) is 0 Å². The zero-order chi connectivity index (χ0) is 45.5. The number of aromatic nitrogens is 2. The van der Waals surface area contributed by atoms with Crippen LogP contribution in [0.5, 0.6) is 0 Å². The minimum Gasteiger partial charge on any atom is -0.500 e. The first-order valence-corrected chi connectivity index (χ1v) is 18.6. The molecular formula is C52H47IrN3O-2. The van der Waals surface area contributed by atoms with Gasteiger partial charge in [0.25, 0.3) is 0 Å². The average Bonchev–Trinajstić information content (AvgIpc) is 3.61. The van der Waals surface area contributed by atoms with Gasteiger partial charge in [-0.25, -0.2) is 0 Å². The molecule has 3 heterocycles. The van der Waals surface area contributed by atoms with Crippen LogP contribution in [0.1, 0.15) is 79.0 Å². The number of benzene rings is 5. The van der Waals surface area contributed by atoms with Crippen molar-refractivity contribution in [1.82, 2.24) is 9.97 Å². The van der Waals surface area contributed by atoms with Gasteiger partial charge >= 0.3 is 0 Å². The number of pyridine rings is 2. The Morgan fingerprint density at radius 3 is 2.16 bits per heavy atom. The zero-order valence-electron chi connectivity index (χ0n) is 39.8. The van der Waals surface area contributed by atoms with Gasteiger partial charge in [-0.3, -0.25) is 0 Å². The van der Waals surface area contributed by atoms with Crippen molar-refractivity contribution in [2.75, 3.05) is 0 Å². The van der Waals surface area contributed by atoms with Crippen molar-refractivity contribution < 1.29 is 34.1 Å². The number of furan rings is 1. The van der Waals surface area contributed by atoms with E-state index >= 15 is 0 Å². The van der Waals surface area contributed by atoms with Gasteiger partial charge in [-0.2, -0.15) is 5.26 Å². The van der Waals surface area contributed by atoms with Crippen LogP contribution in [0.15, 0.2) is 132 Å². The molecule has 0 unspecified atom stereocenters. The summed E-state index contributed by atoms with van der Waals surface area (Å²) in [5.41, 5.74) is 7.42. The third-order valence-electron chi connectivity index (χ3n) is 9.56. The number of nitrogens with zero attached hydrogens (tertiary/aromatic N) is 3. The topological polar surface area (TPSA) is 62.7 Å². The third-order valence-corrected chi connectivity index (χ3v) is 9.56. The second kappa shape index (κ2) is 16.8. The largest absolute Gasteiger partial charge is 0.500 e. The standard InChI is InChI=1S/C37H31N2O.C15H16N.Ir/c1-23-18-25(20-37(3,4)5)14-16-28(23)32-19-33(39-22-24(32)2)31-13-9-12-29-30-17-15-27(21-38)34(36(30)40-35(29)31)26-10-7-6-8-11-26;1-15(2,3)13-9-10-14(16-11-13)12-7-5-4-6-8-12;/h6-12,14-19,22H,20H2,1-5H3;4-7,9-11H,1-3H3;/q2*-1;/i1D3,2D3,16D;;. The van der Waals surface area contributed by atoms with Gasteiger partial charge in [0.2, 0.25) is 0 Å². The molecule has 0 aliphatic heterocycles. The molecule has 0 fully saturated rings. The van der Waals surface area contributed by atoms with Gasteiger partial charge in [-0.1, -0.05) is 125 Å². The van der Waals surface area contributed by atoms with E-state index in [1.165, 1.54) is 17.8 Å². The van der Waals surface area contributed by atoms with Crippen molar-refractivity contribution in [3.8, 4) is 50.8 Å². The van der Waals surface area contributed by atoms with Gasteiger partial charge in [0.1, 0.15) is 5.58 Å². The number of aryl methyl sites for hydroxylation is 2. The van der Waals surface area contributed by atoms with Gasteiger partial charge in [0.05, 0.1) is 18.6 Å². The summed E-state index contributed by atoms with van der Waals surface area (Å²) in [5, 5.41) is 11.5. The number of hydrogen-bond acceptors (Lipinski definition) is 4. The Kier molecular flexibility index (Phi) is 9.57. The van der Waals surface area contributed by atoms with Gasteiger partial charge in [-0.05, 0) is 87.4 Å². The first kappa shape index (κ1) is 32.4. The van der Waals surface area contributed by atoms with Gasteiger partial charge in [0, 0.05) is 51.7 Å². The quantitative estimate of drug-likeness (QED) is 0.161. The first-order chi connectivity index (χ1) is 29.6. The first-order valence-electron chi connectivity index (χ1n) is 22.1. The second-order valence-electron chi connectivity index (χ2n) is 16.1. The number of rotatable bonds is 5. The van der Waals surface area contributed by atoms with E-state index in [1.807, 2.05) is 93.7 Å². The Morgan fingerprint density at radius 1 is 0.737 bits per heavy atom. The summed E-state index contributed by atoms with van der Waals surface area (Å²) in [5.74, 6) is 0. The smallest absolute Gasteiger partial charge is 0.130 e. The molecule has 5 aromatic carbocycles. The second-order valence-corrected chi connectivity index (χ2v) is 16.1. The van der Waals surface area contributed by atoms with Crippen LogP contribution in [0.2, 0.25) is 0 Å². The van der Waals surface area contributed by atoms with Crippen molar-refractivity contribution in [3.63, 3.8) is 0 Å². The predicted octanol–water partition coefficient (Wildman–Crippen LogP) is 13.7. The summed E-state index contributed by atoms with van der Waals surface area (Å²) in [4.78, 5) is 9.00. The number of hydrogen-bond donors (Lipinski definition) is 0. The Labute approximate surface area is 360 Å². The maximum atomic E-state index is 9.94. The summed E-state index contributed by atoms with van der Waals surface area (Å²) >= 11 is 0. The van der Waals surface area contributed by atoms with Crippen molar-refractivity contribution in [3.05, 3.63) is 168 Å². The van der Waals surface area contributed by atoms with Crippen LogP contribution in [-0.2, 0) is 31.9 Å².